The van der Waals surface area contributed by atoms with Crippen LogP contribution in [0.1, 0.15) is 12.0 Å². The lowest BCUT2D eigenvalue weighted by Crippen LogP contribution is -2.46. The number of piperazine rings is 1. The molecule has 0 amide bonds. The summed E-state index contributed by atoms with van der Waals surface area (Å²) in [7, 11) is 0. The summed E-state index contributed by atoms with van der Waals surface area (Å²) in [6.45, 7) is 4.01. The fourth-order valence-electron chi connectivity index (χ4n) is 2.39. The van der Waals surface area contributed by atoms with Gasteiger partial charge in [-0.15, -0.1) is 0 Å². The Balaban J connectivity index is 1.87. The number of hydrogen-bond acceptors (Lipinski definition) is 5. The molecular weight excluding hydrogens is 272 g/mol. The van der Waals surface area contributed by atoms with Gasteiger partial charge in [-0.3, -0.25) is 25.8 Å². The van der Waals surface area contributed by atoms with Crippen LogP contribution in [-0.2, 0) is 4.79 Å². The molecule has 1 heterocycles. The van der Waals surface area contributed by atoms with Crippen LogP contribution in [0.25, 0.3) is 0 Å². The van der Waals surface area contributed by atoms with Crippen molar-refractivity contribution in [1.29, 1.82) is 5.41 Å². The number of nitrogens with zero attached hydrogens (tertiary/aromatic N) is 2. The molecule has 1 fully saturated rings. The van der Waals surface area contributed by atoms with Gasteiger partial charge >= 0.3 is 5.97 Å². The van der Waals surface area contributed by atoms with E-state index >= 15 is 0 Å². The second-order valence-electron chi connectivity index (χ2n) is 5.01. The fraction of sp³-hybridized carbons (Fsp3) is 0.429. The van der Waals surface area contributed by atoms with Gasteiger partial charge in [0.2, 0.25) is 0 Å². The van der Waals surface area contributed by atoms with E-state index in [1.54, 1.807) is 12.1 Å². The zero-order valence-electron chi connectivity index (χ0n) is 11.7. The second-order valence-corrected chi connectivity index (χ2v) is 5.01. The van der Waals surface area contributed by atoms with Crippen LogP contribution in [0, 0.1) is 5.41 Å². The zero-order chi connectivity index (χ0) is 15.2. The van der Waals surface area contributed by atoms with Crippen molar-refractivity contribution in [3.63, 3.8) is 0 Å². The average Bonchev–Trinajstić information content (AvgIpc) is 2.53. The van der Waals surface area contributed by atoms with Crippen molar-refractivity contribution in [2.24, 2.45) is 0 Å². The molecule has 0 aliphatic carbocycles. The third-order valence-corrected chi connectivity index (χ3v) is 3.65. The van der Waals surface area contributed by atoms with Gasteiger partial charge in [0, 0.05) is 44.0 Å². The molecule has 0 saturated carbocycles. The van der Waals surface area contributed by atoms with Gasteiger partial charge in [-0.25, -0.2) is 0 Å². The standard InChI is InChI=1S/C14H20N4O3/c15-14(16-21)11-1-3-12(4-2-11)18-9-7-17(8-10-18)6-5-13(19)20/h1-4,21H,5-10H2,(H2,15,16)(H,19,20). The van der Waals surface area contributed by atoms with Gasteiger partial charge < -0.3 is 10.0 Å². The summed E-state index contributed by atoms with van der Waals surface area (Å²) >= 11 is 0. The van der Waals surface area contributed by atoms with E-state index in [0.717, 1.165) is 31.9 Å². The molecule has 0 radical (unpaired) electrons. The highest BCUT2D eigenvalue weighted by Gasteiger charge is 2.17. The van der Waals surface area contributed by atoms with Gasteiger partial charge in [-0.1, -0.05) is 0 Å². The molecular formula is C14H20N4O3. The van der Waals surface area contributed by atoms with Crippen LogP contribution in [0.4, 0.5) is 5.69 Å². The molecule has 7 nitrogen and oxygen atoms in total. The summed E-state index contributed by atoms with van der Waals surface area (Å²) in [5.74, 6) is -0.784. The minimum Gasteiger partial charge on any atom is -0.481 e. The predicted octanol–water partition coefficient (Wildman–Crippen LogP) is 0.587. The highest BCUT2D eigenvalue weighted by Crippen LogP contribution is 2.17. The number of carboxylic acid groups (broad SMARTS) is 1. The molecule has 7 heteroatoms. The van der Waals surface area contributed by atoms with Crippen LogP contribution >= 0.6 is 0 Å². The van der Waals surface area contributed by atoms with Crippen molar-refractivity contribution in [1.82, 2.24) is 10.4 Å². The topological polar surface area (TPSA) is 99.9 Å². The Hall–Kier alpha value is -2.12. The van der Waals surface area contributed by atoms with Crippen LogP contribution in [-0.4, -0.2) is 59.7 Å². The molecule has 0 bridgehead atoms. The molecule has 1 aliphatic heterocycles. The number of rotatable bonds is 5. The third kappa shape index (κ3) is 4.17. The summed E-state index contributed by atoms with van der Waals surface area (Å²) in [5, 5.41) is 24.9. The molecule has 1 aromatic carbocycles. The number of aliphatic carboxylic acids is 1. The lowest BCUT2D eigenvalue weighted by atomic mass is 10.1. The smallest absolute Gasteiger partial charge is 0.304 e. The van der Waals surface area contributed by atoms with Crippen molar-refractivity contribution in [2.45, 2.75) is 6.42 Å². The van der Waals surface area contributed by atoms with Crippen LogP contribution < -0.4 is 10.4 Å². The Bertz CT molecular complexity index is 495. The number of carboxylic acids is 1. The summed E-state index contributed by atoms with van der Waals surface area (Å²) in [6, 6.07) is 7.43. The van der Waals surface area contributed by atoms with E-state index in [2.05, 4.69) is 9.80 Å². The maximum absolute atomic E-state index is 10.6. The molecule has 1 saturated heterocycles. The quantitative estimate of drug-likeness (QED) is 0.360. The van der Waals surface area contributed by atoms with E-state index in [-0.39, 0.29) is 12.3 Å². The normalized spacial score (nSPS) is 15.8. The van der Waals surface area contributed by atoms with Gasteiger partial charge in [-0.05, 0) is 24.3 Å². The number of benzene rings is 1. The molecule has 0 atom stereocenters. The monoisotopic (exact) mass is 292 g/mol. The predicted molar refractivity (Wildman–Crippen MR) is 79.1 cm³/mol. The van der Waals surface area contributed by atoms with Gasteiger partial charge in [0.15, 0.2) is 0 Å². The van der Waals surface area contributed by atoms with Crippen molar-refractivity contribution in [3.05, 3.63) is 29.8 Å². The van der Waals surface area contributed by atoms with E-state index in [1.165, 1.54) is 0 Å². The number of carbonyl (C=O) groups is 1. The summed E-state index contributed by atoms with van der Waals surface area (Å²) < 4.78 is 0. The van der Waals surface area contributed by atoms with E-state index < -0.39 is 5.97 Å². The number of hydrogen-bond donors (Lipinski definition) is 4. The van der Waals surface area contributed by atoms with Gasteiger partial charge in [0.25, 0.3) is 0 Å². The Labute approximate surface area is 123 Å². The number of nitrogens with one attached hydrogen (secondary N) is 2. The number of anilines is 1. The Morgan fingerprint density at radius 1 is 1.19 bits per heavy atom. The van der Waals surface area contributed by atoms with Crippen molar-refractivity contribution in [2.75, 3.05) is 37.6 Å². The lowest BCUT2D eigenvalue weighted by molar-refractivity contribution is -0.137. The Morgan fingerprint density at radius 3 is 2.33 bits per heavy atom. The number of amidine groups is 1. The lowest BCUT2D eigenvalue weighted by Gasteiger charge is -2.36. The first-order valence-electron chi connectivity index (χ1n) is 6.88. The van der Waals surface area contributed by atoms with Gasteiger partial charge in [0.05, 0.1) is 6.42 Å². The van der Waals surface area contributed by atoms with Crippen LogP contribution in [0.2, 0.25) is 0 Å². The molecule has 1 aliphatic rings. The fourth-order valence-corrected chi connectivity index (χ4v) is 2.39. The first-order valence-corrected chi connectivity index (χ1v) is 6.88. The Kier molecular flexibility index (Phi) is 5.13. The molecule has 114 valence electrons. The molecule has 1 aromatic rings. The molecule has 0 spiro atoms. The first kappa shape index (κ1) is 15.3. The largest absolute Gasteiger partial charge is 0.481 e. The SMILES string of the molecule is N=C(NO)c1ccc(N2CCN(CCC(=O)O)CC2)cc1. The maximum atomic E-state index is 10.6. The van der Waals surface area contributed by atoms with Gasteiger partial charge in [-0.2, -0.15) is 0 Å². The maximum Gasteiger partial charge on any atom is 0.304 e. The van der Waals surface area contributed by atoms with E-state index in [9.17, 15) is 4.79 Å². The van der Waals surface area contributed by atoms with Crippen LogP contribution in [0.5, 0.6) is 0 Å². The third-order valence-electron chi connectivity index (χ3n) is 3.65. The molecule has 0 aromatic heterocycles. The van der Waals surface area contributed by atoms with Gasteiger partial charge in [0.1, 0.15) is 5.84 Å². The zero-order valence-corrected chi connectivity index (χ0v) is 11.7. The van der Waals surface area contributed by atoms with Crippen molar-refractivity contribution >= 4 is 17.5 Å². The van der Waals surface area contributed by atoms with E-state index in [1.807, 2.05) is 17.6 Å². The van der Waals surface area contributed by atoms with Crippen molar-refractivity contribution < 1.29 is 15.1 Å². The summed E-state index contributed by atoms with van der Waals surface area (Å²) in [5.41, 5.74) is 3.52. The van der Waals surface area contributed by atoms with E-state index in [0.29, 0.717) is 12.1 Å². The average molecular weight is 292 g/mol. The van der Waals surface area contributed by atoms with Crippen LogP contribution in [0.15, 0.2) is 24.3 Å². The van der Waals surface area contributed by atoms with Crippen LogP contribution in [0.3, 0.4) is 0 Å². The molecule has 0 unspecified atom stereocenters. The molecule has 21 heavy (non-hydrogen) atoms. The molecule has 2 rings (SSSR count). The highest BCUT2D eigenvalue weighted by atomic mass is 16.5. The summed E-state index contributed by atoms with van der Waals surface area (Å²) in [4.78, 5) is 15.0. The highest BCUT2D eigenvalue weighted by molar-refractivity contribution is 5.95. The van der Waals surface area contributed by atoms with Crippen molar-refractivity contribution in [3.8, 4) is 0 Å². The number of hydroxylamine groups is 1. The minimum atomic E-state index is -0.757. The first-order chi connectivity index (χ1) is 10.1. The second kappa shape index (κ2) is 7.05. The molecule has 4 N–H and O–H groups in total. The Morgan fingerprint density at radius 2 is 1.81 bits per heavy atom. The minimum absolute atomic E-state index is 0.0277. The summed E-state index contributed by atoms with van der Waals surface area (Å²) in [6.07, 6.45) is 0.185. The van der Waals surface area contributed by atoms with E-state index in [4.69, 9.17) is 15.7 Å².